The molecule has 0 amide bonds. The predicted molar refractivity (Wildman–Crippen MR) is 86.7 cm³/mol. The molecule has 3 heteroatoms. The van der Waals surface area contributed by atoms with Crippen LogP contribution in [0.2, 0.25) is 0 Å². The molecule has 0 fully saturated rings. The van der Waals surface area contributed by atoms with Gasteiger partial charge in [0.1, 0.15) is 5.75 Å². The molecule has 1 aromatic heterocycles. The number of hydrogen-bond acceptors (Lipinski definition) is 2. The molecule has 0 aliphatic carbocycles. The van der Waals surface area contributed by atoms with Crippen LogP contribution in [0.3, 0.4) is 0 Å². The highest BCUT2D eigenvalue weighted by atomic mass is 16.5. The summed E-state index contributed by atoms with van der Waals surface area (Å²) in [6, 6.07) is 20.5. The largest absolute Gasteiger partial charge is 0.434 e. The molecule has 3 aromatic rings. The summed E-state index contributed by atoms with van der Waals surface area (Å²) in [7, 11) is 0. The van der Waals surface area contributed by atoms with Crippen molar-refractivity contribution in [2.75, 3.05) is 6.73 Å². The third-order valence-electron chi connectivity index (χ3n) is 3.77. The Balaban J connectivity index is 1.80. The van der Waals surface area contributed by atoms with E-state index in [1.807, 2.05) is 30.3 Å². The van der Waals surface area contributed by atoms with E-state index >= 15 is 0 Å². The highest BCUT2D eigenvalue weighted by molar-refractivity contribution is 5.87. The summed E-state index contributed by atoms with van der Waals surface area (Å²) >= 11 is 0. The van der Waals surface area contributed by atoms with Gasteiger partial charge >= 0.3 is 0 Å². The second kappa shape index (κ2) is 5.45. The molecule has 1 aliphatic rings. The number of aromatic nitrogens is 1. The van der Waals surface area contributed by atoms with Crippen molar-refractivity contribution in [1.29, 1.82) is 0 Å². The molecule has 0 atom stereocenters. The van der Waals surface area contributed by atoms with E-state index in [4.69, 9.17) is 4.74 Å². The van der Waals surface area contributed by atoms with Crippen LogP contribution >= 0.6 is 0 Å². The SMILES string of the molecule is C1=[N+](c2ccccc2)COc2c1cccc2-c1ccncc1. The first kappa shape index (κ1) is 12.8. The van der Waals surface area contributed by atoms with Crippen LogP contribution in [0.1, 0.15) is 5.56 Å². The highest BCUT2D eigenvalue weighted by Crippen LogP contribution is 2.34. The van der Waals surface area contributed by atoms with Crippen molar-refractivity contribution in [3.05, 3.63) is 78.6 Å². The molecule has 2 aromatic carbocycles. The van der Waals surface area contributed by atoms with Crippen LogP contribution < -0.4 is 4.74 Å². The third-order valence-corrected chi connectivity index (χ3v) is 3.77. The fraction of sp³-hybridized carbons (Fsp3) is 0.0526. The first-order valence-corrected chi connectivity index (χ1v) is 7.24. The van der Waals surface area contributed by atoms with E-state index in [2.05, 4.69) is 46.1 Å². The van der Waals surface area contributed by atoms with E-state index in [9.17, 15) is 0 Å². The molecule has 3 nitrogen and oxygen atoms in total. The minimum Gasteiger partial charge on any atom is -0.434 e. The second-order valence-corrected chi connectivity index (χ2v) is 5.17. The van der Waals surface area contributed by atoms with Gasteiger partial charge in [0.15, 0.2) is 6.21 Å². The number of hydrogen-bond donors (Lipinski definition) is 0. The lowest BCUT2D eigenvalue weighted by molar-refractivity contribution is -0.476. The lowest BCUT2D eigenvalue weighted by Crippen LogP contribution is -2.21. The quantitative estimate of drug-likeness (QED) is 0.669. The molecule has 2 heterocycles. The molecule has 0 saturated heterocycles. The van der Waals surface area contributed by atoms with Crippen LogP contribution in [0.25, 0.3) is 11.1 Å². The van der Waals surface area contributed by atoms with Gasteiger partial charge in [0.2, 0.25) is 5.69 Å². The van der Waals surface area contributed by atoms with Gasteiger partial charge in [-0.15, -0.1) is 0 Å². The van der Waals surface area contributed by atoms with E-state index < -0.39 is 0 Å². The molecule has 0 spiro atoms. The molecule has 0 N–H and O–H groups in total. The number of pyridine rings is 1. The molecule has 1 aliphatic heterocycles. The van der Waals surface area contributed by atoms with Crippen molar-refractivity contribution < 1.29 is 9.31 Å². The van der Waals surface area contributed by atoms with Crippen molar-refractivity contribution in [2.45, 2.75) is 0 Å². The topological polar surface area (TPSA) is 25.1 Å². The Morgan fingerprint density at radius 2 is 1.68 bits per heavy atom. The van der Waals surface area contributed by atoms with Gasteiger partial charge in [-0.05, 0) is 23.8 Å². The zero-order valence-corrected chi connectivity index (χ0v) is 12.0. The number of ether oxygens (including phenoxy) is 1. The van der Waals surface area contributed by atoms with Crippen LogP contribution in [0.4, 0.5) is 5.69 Å². The number of rotatable bonds is 2. The van der Waals surface area contributed by atoms with Crippen LogP contribution in [0, 0.1) is 0 Å². The van der Waals surface area contributed by atoms with Gasteiger partial charge in [0.05, 0.1) is 5.56 Å². The maximum atomic E-state index is 6.05. The minimum absolute atomic E-state index is 0.513. The Hall–Kier alpha value is -2.94. The lowest BCUT2D eigenvalue weighted by Gasteiger charge is -2.17. The zero-order chi connectivity index (χ0) is 14.8. The molecule has 0 saturated carbocycles. The van der Waals surface area contributed by atoms with Gasteiger partial charge in [0, 0.05) is 30.1 Å². The van der Waals surface area contributed by atoms with Crippen molar-refractivity contribution in [1.82, 2.24) is 4.98 Å². The first-order chi connectivity index (χ1) is 10.9. The molecular weight excluding hydrogens is 272 g/mol. The Morgan fingerprint density at radius 3 is 2.50 bits per heavy atom. The zero-order valence-electron chi connectivity index (χ0n) is 12.0. The van der Waals surface area contributed by atoms with E-state index in [1.54, 1.807) is 12.4 Å². The van der Waals surface area contributed by atoms with Gasteiger partial charge in [-0.25, -0.2) is 0 Å². The van der Waals surface area contributed by atoms with E-state index in [0.29, 0.717) is 6.73 Å². The number of para-hydroxylation sites is 2. The molecular formula is C19H15N2O+. The van der Waals surface area contributed by atoms with E-state index in [1.165, 1.54) is 0 Å². The number of nitrogens with zero attached hydrogens (tertiary/aromatic N) is 2. The summed E-state index contributed by atoms with van der Waals surface area (Å²) < 4.78 is 8.16. The van der Waals surface area contributed by atoms with Crippen LogP contribution in [-0.2, 0) is 0 Å². The Kier molecular flexibility index (Phi) is 3.16. The van der Waals surface area contributed by atoms with E-state index in [-0.39, 0.29) is 0 Å². The Labute approximate surface area is 129 Å². The van der Waals surface area contributed by atoms with Crippen LogP contribution in [0.5, 0.6) is 5.75 Å². The molecule has 0 unspecified atom stereocenters. The first-order valence-electron chi connectivity index (χ1n) is 7.24. The smallest absolute Gasteiger partial charge is 0.292 e. The summed E-state index contributed by atoms with van der Waals surface area (Å²) in [5.41, 5.74) is 4.43. The van der Waals surface area contributed by atoms with Gasteiger partial charge in [-0.1, -0.05) is 30.3 Å². The van der Waals surface area contributed by atoms with Gasteiger partial charge < -0.3 is 4.74 Å². The summed E-state index contributed by atoms with van der Waals surface area (Å²) in [4.78, 5) is 4.08. The van der Waals surface area contributed by atoms with E-state index in [0.717, 1.165) is 28.1 Å². The fourth-order valence-electron chi connectivity index (χ4n) is 2.68. The van der Waals surface area contributed by atoms with Crippen molar-refractivity contribution in [2.24, 2.45) is 0 Å². The Morgan fingerprint density at radius 1 is 0.864 bits per heavy atom. The lowest BCUT2D eigenvalue weighted by atomic mass is 10.0. The fourth-order valence-corrected chi connectivity index (χ4v) is 2.68. The van der Waals surface area contributed by atoms with Crippen LogP contribution in [0.15, 0.2) is 73.1 Å². The molecule has 22 heavy (non-hydrogen) atoms. The van der Waals surface area contributed by atoms with Crippen molar-refractivity contribution >= 4 is 11.9 Å². The van der Waals surface area contributed by atoms with Crippen molar-refractivity contribution in [3.8, 4) is 16.9 Å². The highest BCUT2D eigenvalue weighted by Gasteiger charge is 2.21. The number of fused-ring (bicyclic) bond motifs is 1. The summed E-state index contributed by atoms with van der Waals surface area (Å²) in [6.07, 6.45) is 5.74. The third kappa shape index (κ3) is 2.27. The maximum Gasteiger partial charge on any atom is 0.292 e. The normalized spacial score (nSPS) is 13.0. The van der Waals surface area contributed by atoms with Gasteiger partial charge in [-0.2, -0.15) is 4.58 Å². The molecule has 0 bridgehead atoms. The number of benzene rings is 2. The molecule has 0 radical (unpaired) electrons. The minimum atomic E-state index is 0.513. The average Bonchev–Trinajstić information content (AvgIpc) is 2.62. The monoisotopic (exact) mass is 287 g/mol. The van der Waals surface area contributed by atoms with Gasteiger partial charge in [-0.3, -0.25) is 4.98 Å². The Bertz CT molecular complexity index is 827. The standard InChI is InChI=1S/C19H15N2O/c1-2-6-17(7-3-1)21-13-16-5-4-8-18(19(16)22-14-21)15-9-11-20-12-10-15/h1-13H,14H2/q+1. The summed E-state index contributed by atoms with van der Waals surface area (Å²) in [6.45, 7) is 0.513. The van der Waals surface area contributed by atoms with Gasteiger partial charge in [0.25, 0.3) is 6.73 Å². The second-order valence-electron chi connectivity index (χ2n) is 5.17. The summed E-state index contributed by atoms with van der Waals surface area (Å²) in [5.74, 6) is 0.931. The molecule has 106 valence electrons. The predicted octanol–water partition coefficient (Wildman–Crippen LogP) is 3.86. The maximum absolute atomic E-state index is 6.05. The summed E-state index contributed by atoms with van der Waals surface area (Å²) in [5, 5.41) is 0. The van der Waals surface area contributed by atoms with Crippen LogP contribution in [-0.4, -0.2) is 22.5 Å². The average molecular weight is 287 g/mol. The van der Waals surface area contributed by atoms with Crippen molar-refractivity contribution in [3.63, 3.8) is 0 Å². The molecule has 4 rings (SSSR count).